The van der Waals surface area contributed by atoms with Crippen molar-refractivity contribution in [1.82, 2.24) is 4.31 Å². The number of halogens is 2. The molecule has 0 aromatic heterocycles. The number of anilines is 1. The van der Waals surface area contributed by atoms with Crippen LogP contribution in [0.2, 0.25) is 0 Å². The average molecular weight is 468 g/mol. The molecular weight excluding hydrogens is 446 g/mol. The van der Waals surface area contributed by atoms with Gasteiger partial charge in [-0.15, -0.1) is 0 Å². The number of hydrogen-bond acceptors (Lipinski definition) is 6. The van der Waals surface area contributed by atoms with Gasteiger partial charge in [0.1, 0.15) is 5.75 Å². The van der Waals surface area contributed by atoms with E-state index < -0.39 is 34.6 Å². The van der Waals surface area contributed by atoms with Crippen LogP contribution in [-0.4, -0.2) is 50.4 Å². The van der Waals surface area contributed by atoms with E-state index in [9.17, 15) is 26.8 Å². The first-order chi connectivity index (χ1) is 15.2. The Balaban J connectivity index is 1.62. The molecule has 1 amide bonds. The maximum absolute atomic E-state index is 12.6. The average Bonchev–Trinajstić information content (AvgIpc) is 3.30. The first-order valence-corrected chi connectivity index (χ1v) is 11.3. The van der Waals surface area contributed by atoms with Gasteiger partial charge in [-0.1, -0.05) is 12.1 Å². The molecule has 172 valence electrons. The molecule has 0 saturated carbocycles. The predicted molar refractivity (Wildman–Crippen MR) is 111 cm³/mol. The van der Waals surface area contributed by atoms with Crippen LogP contribution < -0.4 is 10.1 Å². The van der Waals surface area contributed by atoms with Gasteiger partial charge in [0.2, 0.25) is 10.0 Å². The summed E-state index contributed by atoms with van der Waals surface area (Å²) in [6.45, 7) is -0.828. The van der Waals surface area contributed by atoms with Crippen molar-refractivity contribution >= 4 is 27.6 Å². The molecule has 32 heavy (non-hydrogen) atoms. The standard InChI is InChI=1S/C21H22F2N2O6S/c1-14(19(26)24-17-6-2-3-7-18(17)31-21(22)23)30-20(27)15-8-10-16(11-9-15)32(28,29)25-12-4-5-13-25/h2-3,6-11,14,21H,4-5,12-13H2,1H3,(H,24,26). The molecule has 0 spiro atoms. The summed E-state index contributed by atoms with van der Waals surface area (Å²) in [5, 5.41) is 2.37. The van der Waals surface area contributed by atoms with Crippen molar-refractivity contribution in [1.29, 1.82) is 0 Å². The van der Waals surface area contributed by atoms with Crippen LogP contribution in [0.3, 0.4) is 0 Å². The lowest BCUT2D eigenvalue weighted by Gasteiger charge is -2.17. The maximum atomic E-state index is 12.6. The van der Waals surface area contributed by atoms with Gasteiger partial charge in [0.05, 0.1) is 16.1 Å². The van der Waals surface area contributed by atoms with E-state index >= 15 is 0 Å². The fourth-order valence-electron chi connectivity index (χ4n) is 3.13. The van der Waals surface area contributed by atoms with Crippen molar-refractivity contribution in [2.24, 2.45) is 0 Å². The summed E-state index contributed by atoms with van der Waals surface area (Å²) in [4.78, 5) is 24.8. The van der Waals surface area contributed by atoms with E-state index in [1.165, 1.54) is 59.8 Å². The van der Waals surface area contributed by atoms with Gasteiger partial charge in [-0.25, -0.2) is 13.2 Å². The van der Waals surface area contributed by atoms with Crippen LogP contribution in [0.25, 0.3) is 0 Å². The molecule has 0 aliphatic carbocycles. The highest BCUT2D eigenvalue weighted by Crippen LogP contribution is 2.26. The summed E-state index contributed by atoms with van der Waals surface area (Å²) in [5.41, 5.74) is 0.0589. The monoisotopic (exact) mass is 468 g/mol. The quantitative estimate of drug-likeness (QED) is 0.597. The van der Waals surface area contributed by atoms with Crippen LogP contribution >= 0.6 is 0 Å². The van der Waals surface area contributed by atoms with Crippen molar-refractivity contribution < 1.29 is 36.3 Å². The molecule has 0 bridgehead atoms. The summed E-state index contributed by atoms with van der Waals surface area (Å²) in [5.74, 6) is -1.82. The smallest absolute Gasteiger partial charge is 0.387 e. The molecule has 1 aliphatic heterocycles. The third-order valence-corrected chi connectivity index (χ3v) is 6.72. The van der Waals surface area contributed by atoms with Crippen LogP contribution in [0.4, 0.5) is 14.5 Å². The number of para-hydroxylation sites is 2. The molecule has 1 N–H and O–H groups in total. The first-order valence-electron chi connectivity index (χ1n) is 9.84. The van der Waals surface area contributed by atoms with Crippen molar-refractivity contribution in [3.63, 3.8) is 0 Å². The Labute approximate surface area is 184 Å². The number of amides is 1. The van der Waals surface area contributed by atoms with Crippen LogP contribution in [-0.2, 0) is 19.6 Å². The Hall–Kier alpha value is -3.05. The van der Waals surface area contributed by atoms with Gasteiger partial charge < -0.3 is 14.8 Å². The number of nitrogens with one attached hydrogen (secondary N) is 1. The number of esters is 1. The maximum Gasteiger partial charge on any atom is 0.387 e. The van der Waals surface area contributed by atoms with Crippen molar-refractivity contribution in [2.75, 3.05) is 18.4 Å². The van der Waals surface area contributed by atoms with Gasteiger partial charge in [0.15, 0.2) is 6.10 Å². The van der Waals surface area contributed by atoms with Crippen LogP contribution in [0.5, 0.6) is 5.75 Å². The van der Waals surface area contributed by atoms with Gasteiger partial charge in [0.25, 0.3) is 5.91 Å². The van der Waals surface area contributed by atoms with E-state index in [1.807, 2.05) is 0 Å². The number of hydrogen-bond donors (Lipinski definition) is 1. The highest BCUT2D eigenvalue weighted by molar-refractivity contribution is 7.89. The summed E-state index contributed by atoms with van der Waals surface area (Å²) in [6.07, 6.45) is 0.361. The number of ether oxygens (including phenoxy) is 2. The number of carbonyl (C=O) groups excluding carboxylic acids is 2. The predicted octanol–water partition coefficient (Wildman–Crippen LogP) is 3.26. The van der Waals surface area contributed by atoms with E-state index in [0.717, 1.165) is 12.8 Å². The third kappa shape index (κ3) is 5.60. The van der Waals surface area contributed by atoms with Gasteiger partial charge in [-0.3, -0.25) is 4.79 Å². The zero-order valence-electron chi connectivity index (χ0n) is 17.2. The zero-order valence-corrected chi connectivity index (χ0v) is 18.0. The van der Waals surface area contributed by atoms with Gasteiger partial charge in [-0.05, 0) is 56.2 Å². The molecule has 1 heterocycles. The van der Waals surface area contributed by atoms with E-state index in [0.29, 0.717) is 13.1 Å². The minimum Gasteiger partial charge on any atom is -0.449 e. The minimum atomic E-state index is -3.61. The topological polar surface area (TPSA) is 102 Å². The number of alkyl halides is 2. The van der Waals surface area contributed by atoms with Gasteiger partial charge >= 0.3 is 12.6 Å². The SMILES string of the molecule is CC(OC(=O)c1ccc(S(=O)(=O)N2CCCC2)cc1)C(=O)Nc1ccccc1OC(F)F. The highest BCUT2D eigenvalue weighted by Gasteiger charge is 2.27. The number of nitrogens with zero attached hydrogens (tertiary/aromatic N) is 1. The molecule has 11 heteroatoms. The number of benzene rings is 2. The molecule has 0 radical (unpaired) electrons. The van der Waals surface area contributed by atoms with Crippen LogP contribution in [0, 0.1) is 0 Å². The number of rotatable bonds is 8. The zero-order chi connectivity index (χ0) is 23.3. The summed E-state index contributed by atoms with van der Waals surface area (Å²) < 4.78 is 61.0. The lowest BCUT2D eigenvalue weighted by Crippen LogP contribution is -2.30. The molecule has 2 aromatic rings. The molecule has 1 aliphatic rings. The second-order valence-corrected chi connectivity index (χ2v) is 8.98. The largest absolute Gasteiger partial charge is 0.449 e. The molecule has 3 rings (SSSR count). The molecule has 2 aromatic carbocycles. The first kappa shape index (κ1) is 23.6. The third-order valence-electron chi connectivity index (χ3n) is 4.81. The summed E-state index contributed by atoms with van der Waals surface area (Å²) >= 11 is 0. The Morgan fingerprint density at radius 3 is 2.28 bits per heavy atom. The molecular formula is C21H22F2N2O6S. The van der Waals surface area contributed by atoms with Crippen LogP contribution in [0.1, 0.15) is 30.1 Å². The van der Waals surface area contributed by atoms with E-state index in [-0.39, 0.29) is 21.9 Å². The van der Waals surface area contributed by atoms with E-state index in [4.69, 9.17) is 4.74 Å². The van der Waals surface area contributed by atoms with Gasteiger partial charge in [0, 0.05) is 13.1 Å². The molecule has 1 fully saturated rings. The Morgan fingerprint density at radius 2 is 1.66 bits per heavy atom. The van der Waals surface area contributed by atoms with Crippen molar-refractivity contribution in [2.45, 2.75) is 37.4 Å². The molecule has 1 unspecified atom stereocenters. The second-order valence-electron chi connectivity index (χ2n) is 7.05. The summed E-state index contributed by atoms with van der Waals surface area (Å²) in [7, 11) is -3.61. The van der Waals surface area contributed by atoms with Crippen LogP contribution in [0.15, 0.2) is 53.4 Å². The lowest BCUT2D eigenvalue weighted by atomic mass is 10.2. The lowest BCUT2D eigenvalue weighted by molar-refractivity contribution is -0.123. The van der Waals surface area contributed by atoms with Crippen molar-refractivity contribution in [3.8, 4) is 5.75 Å². The van der Waals surface area contributed by atoms with Gasteiger partial charge in [-0.2, -0.15) is 13.1 Å². The minimum absolute atomic E-state index is 0.00262. The molecule has 1 saturated heterocycles. The Morgan fingerprint density at radius 1 is 1.03 bits per heavy atom. The second kappa shape index (κ2) is 10.0. The van der Waals surface area contributed by atoms with E-state index in [2.05, 4.69) is 10.1 Å². The molecule has 8 nitrogen and oxygen atoms in total. The fourth-order valence-corrected chi connectivity index (χ4v) is 4.64. The van der Waals surface area contributed by atoms with Crippen molar-refractivity contribution in [3.05, 3.63) is 54.1 Å². The normalized spacial score (nSPS) is 15.4. The fraction of sp³-hybridized carbons (Fsp3) is 0.333. The van der Waals surface area contributed by atoms with E-state index in [1.54, 1.807) is 0 Å². The molecule has 1 atom stereocenters. The number of carbonyl (C=O) groups is 2. The summed E-state index contributed by atoms with van der Waals surface area (Å²) in [6, 6.07) is 10.8. The Bertz CT molecular complexity index is 1070. The highest BCUT2D eigenvalue weighted by atomic mass is 32.2. The number of sulfonamides is 1. The Kier molecular flexibility index (Phi) is 7.41.